The molecule has 0 unspecified atom stereocenters. The van der Waals surface area contributed by atoms with Crippen molar-refractivity contribution in [1.29, 1.82) is 0 Å². The van der Waals surface area contributed by atoms with E-state index >= 15 is 0 Å². The maximum absolute atomic E-state index is 11.6. The van der Waals surface area contributed by atoms with E-state index in [1.165, 1.54) is 51.8 Å². The molecule has 0 amide bonds. The van der Waals surface area contributed by atoms with Crippen molar-refractivity contribution in [3.63, 3.8) is 0 Å². The van der Waals surface area contributed by atoms with Gasteiger partial charge in [0.05, 0.1) is 0 Å². The second-order valence-corrected chi connectivity index (χ2v) is 37.3. The normalized spacial score (nSPS) is 15.9. The van der Waals surface area contributed by atoms with Gasteiger partial charge in [0.2, 0.25) is 0 Å². The Morgan fingerprint density at radius 3 is 1.54 bits per heavy atom. The molecule has 0 aromatic carbocycles. The van der Waals surface area contributed by atoms with E-state index in [0.29, 0.717) is 0 Å². The van der Waals surface area contributed by atoms with Gasteiger partial charge in [0.1, 0.15) is 0 Å². The molecule has 0 bridgehead atoms. The average molecular weight is 664 g/mol. The molecule has 0 heterocycles. The minimum atomic E-state index is -2.45. The van der Waals surface area contributed by atoms with Crippen molar-refractivity contribution in [2.75, 3.05) is 6.61 Å². The van der Waals surface area contributed by atoms with Gasteiger partial charge in [0.25, 0.3) is 0 Å². The topological polar surface area (TPSA) is 38.7 Å². The van der Waals surface area contributed by atoms with Crippen LogP contribution in [0.2, 0.25) is 49.6 Å². The van der Waals surface area contributed by atoms with Crippen LogP contribution in [-0.2, 0) is 8.85 Å². The van der Waals surface area contributed by atoms with Crippen LogP contribution in [0.4, 0.5) is 0 Å². The van der Waals surface area contributed by atoms with Crippen LogP contribution in [0.25, 0.3) is 0 Å². The number of aliphatic hydroxyl groups is 1. The molecule has 0 fully saturated rings. The zero-order valence-electron chi connectivity index (χ0n) is 27.6. The Hall–Kier alpha value is 0.852. The summed E-state index contributed by atoms with van der Waals surface area (Å²) in [7, 11) is -3.76. The second kappa shape index (κ2) is 17.0. The molecule has 0 saturated heterocycles. The summed E-state index contributed by atoms with van der Waals surface area (Å²) in [5.74, 6) is 0. The number of hydrogen-bond donors (Lipinski definition) is 1. The quantitative estimate of drug-likeness (QED) is 0.110. The summed E-state index contributed by atoms with van der Waals surface area (Å²) in [5.41, 5.74) is 0. The van der Waals surface area contributed by atoms with Crippen LogP contribution in [-0.4, -0.2) is 58.9 Å². The van der Waals surface area contributed by atoms with E-state index in [2.05, 4.69) is 98.7 Å². The number of aliphatic hydroxyl groups excluding tert-OH is 1. The Balaban J connectivity index is 5.79. The van der Waals surface area contributed by atoms with Crippen LogP contribution in [0.5, 0.6) is 0 Å². The van der Waals surface area contributed by atoms with Crippen LogP contribution >= 0.6 is 0 Å². The summed E-state index contributed by atoms with van der Waals surface area (Å²) < 4.78 is 20.3. The van der Waals surface area contributed by atoms with Gasteiger partial charge in [-0.15, -0.1) is 0 Å². The Kier molecular flexibility index (Phi) is 17.3. The van der Waals surface area contributed by atoms with Crippen LogP contribution < -0.4 is 0 Å². The van der Waals surface area contributed by atoms with E-state index in [1.807, 2.05) is 0 Å². The fourth-order valence-corrected chi connectivity index (χ4v) is 21.1. The van der Waals surface area contributed by atoms with Crippen molar-refractivity contribution in [2.24, 2.45) is 0 Å². The summed E-state index contributed by atoms with van der Waals surface area (Å²) in [5, 5.41) is 11.9. The molecule has 0 spiro atoms. The zero-order valence-corrected chi connectivity index (χ0v) is 32.4. The number of hydrogen-bond acceptors (Lipinski definition) is 3. The van der Waals surface area contributed by atoms with Gasteiger partial charge in [-0.05, 0) is 0 Å². The molecule has 0 aliphatic rings. The van der Waals surface area contributed by atoms with Crippen LogP contribution in [0.15, 0.2) is 10.2 Å². The first-order chi connectivity index (χ1) is 16.9. The van der Waals surface area contributed by atoms with Crippen molar-refractivity contribution in [1.82, 2.24) is 0 Å². The fourth-order valence-electron chi connectivity index (χ4n) is 4.32. The molecule has 6 heteroatoms. The maximum atomic E-state index is 11.6. The van der Waals surface area contributed by atoms with E-state index < -0.39 is 41.1 Å². The molecule has 0 aliphatic heterocycles. The first-order valence-electron chi connectivity index (χ1n) is 15.6. The monoisotopic (exact) mass is 664 g/mol. The minimum absolute atomic E-state index is 0.124. The van der Waals surface area contributed by atoms with Crippen molar-refractivity contribution in [3.05, 3.63) is 10.2 Å². The molecule has 0 rings (SSSR count). The number of rotatable bonds is 19. The predicted octanol–water partition coefficient (Wildman–Crippen LogP) is 10.5. The van der Waals surface area contributed by atoms with Crippen LogP contribution in [0.1, 0.15) is 114 Å². The molecule has 222 valence electrons. The van der Waals surface area contributed by atoms with Crippen molar-refractivity contribution >= 4 is 35.0 Å². The van der Waals surface area contributed by atoms with E-state index in [-0.39, 0.29) is 16.2 Å². The van der Waals surface area contributed by atoms with Crippen LogP contribution in [0, 0.1) is 0 Å². The summed E-state index contributed by atoms with van der Waals surface area (Å²) in [6.45, 7) is 30.8. The molecule has 0 saturated carbocycles. The third-order valence-corrected chi connectivity index (χ3v) is 32.4. The molecule has 0 radical (unpaired) electrons. The molecular weight excluding hydrogens is 595 g/mol. The molecule has 0 aromatic rings. The fraction of sp³-hybridized carbons (Fsp3) is 0.935. The van der Waals surface area contributed by atoms with E-state index in [4.69, 9.17) is 8.85 Å². The van der Waals surface area contributed by atoms with E-state index in [0.717, 1.165) is 19.4 Å². The van der Waals surface area contributed by atoms with Crippen molar-refractivity contribution in [3.8, 4) is 0 Å². The molecule has 1 N–H and O–H groups in total. The molecule has 2 atom stereocenters. The van der Waals surface area contributed by atoms with E-state index in [9.17, 15) is 5.11 Å². The summed E-state index contributed by atoms with van der Waals surface area (Å²) in [4.78, 5) is 0. The van der Waals surface area contributed by atoms with Gasteiger partial charge in [-0.25, -0.2) is 0 Å². The Morgan fingerprint density at radius 2 is 1.16 bits per heavy atom. The Labute approximate surface area is 240 Å². The van der Waals surface area contributed by atoms with Gasteiger partial charge in [0, 0.05) is 0 Å². The molecular formula is C31H68O3Si2Sn. The summed E-state index contributed by atoms with van der Waals surface area (Å²) in [6, 6.07) is 0. The second-order valence-electron chi connectivity index (χ2n) is 14.7. The standard InChI is InChI=1S/C19H41O3Si2.3C4H9.Sn/c1-12-16(20)17(22-24(10,11)19(5,6)7)14-13-15-21-23(8,9)18(2,3)4;3*1-3-4-2;/h1,12,16-17,20H,13-15H2,2-11H3;3*1,3-4H2,2H3;/t16-,17+;;;;/m1..../s1. The first kappa shape index (κ1) is 37.9. The molecule has 37 heavy (non-hydrogen) atoms. The van der Waals surface area contributed by atoms with Gasteiger partial charge < -0.3 is 0 Å². The predicted molar refractivity (Wildman–Crippen MR) is 174 cm³/mol. The van der Waals surface area contributed by atoms with Crippen molar-refractivity contribution < 1.29 is 14.0 Å². The Bertz CT molecular complexity index is 614. The van der Waals surface area contributed by atoms with Gasteiger partial charge in [0.15, 0.2) is 0 Å². The third-order valence-electron chi connectivity index (χ3n) is 9.27. The molecule has 3 nitrogen and oxygen atoms in total. The average Bonchev–Trinajstić information content (AvgIpc) is 2.78. The molecule has 0 aromatic heterocycles. The van der Waals surface area contributed by atoms with E-state index in [1.54, 1.807) is 0 Å². The number of unbranched alkanes of at least 4 members (excludes halogenated alkanes) is 3. The van der Waals surface area contributed by atoms with Crippen LogP contribution in [0.3, 0.4) is 0 Å². The van der Waals surface area contributed by atoms with Gasteiger partial charge in [-0.3, -0.25) is 0 Å². The zero-order chi connectivity index (χ0) is 29.0. The van der Waals surface area contributed by atoms with Gasteiger partial charge in [-0.1, -0.05) is 0 Å². The van der Waals surface area contributed by atoms with Crippen molar-refractivity contribution in [2.45, 2.75) is 175 Å². The van der Waals surface area contributed by atoms with Gasteiger partial charge in [-0.2, -0.15) is 0 Å². The third kappa shape index (κ3) is 13.8. The first-order valence-corrected chi connectivity index (χ1v) is 29.1. The van der Waals surface area contributed by atoms with Gasteiger partial charge >= 0.3 is 241 Å². The summed E-state index contributed by atoms with van der Waals surface area (Å²) in [6.07, 6.45) is 11.2. The Morgan fingerprint density at radius 1 is 0.730 bits per heavy atom. The molecule has 0 aliphatic carbocycles. The summed E-state index contributed by atoms with van der Waals surface area (Å²) >= 11 is -2.45. The SMILES string of the molecule is CCC[CH2][Sn](/[CH]=C/[C@@H](O)[C@H](CCCO[Si](C)(C)C(C)(C)C)O[Si](C)(C)C(C)(C)C)([CH2]CCC)[CH2]CCC.